The SMILES string of the molecule is CP(C)(=O)C1=CCNCC1. The first-order valence-electron chi connectivity index (χ1n) is 3.56. The van der Waals surface area contributed by atoms with Gasteiger partial charge >= 0.3 is 0 Å². The average molecular weight is 159 g/mol. The molecule has 2 nitrogen and oxygen atoms in total. The molecule has 1 N–H and O–H groups in total. The number of hydrogen-bond donors (Lipinski definition) is 1. The minimum atomic E-state index is -1.92. The van der Waals surface area contributed by atoms with E-state index in [0.717, 1.165) is 24.8 Å². The fraction of sp³-hybridized carbons (Fsp3) is 0.714. The number of hydrogen-bond acceptors (Lipinski definition) is 2. The van der Waals surface area contributed by atoms with E-state index in [1.807, 2.05) is 13.3 Å². The summed E-state index contributed by atoms with van der Waals surface area (Å²) in [6, 6.07) is 0. The van der Waals surface area contributed by atoms with Crippen molar-refractivity contribution in [3.63, 3.8) is 0 Å². The normalized spacial score (nSPS) is 20.4. The molecule has 0 amide bonds. The molecule has 0 bridgehead atoms. The van der Waals surface area contributed by atoms with Gasteiger partial charge in [-0.1, -0.05) is 6.08 Å². The molecule has 3 heteroatoms. The van der Waals surface area contributed by atoms with Gasteiger partial charge in [0.1, 0.15) is 7.14 Å². The highest BCUT2D eigenvalue weighted by molar-refractivity contribution is 7.66. The van der Waals surface area contributed by atoms with Gasteiger partial charge < -0.3 is 9.88 Å². The second kappa shape index (κ2) is 2.89. The molecule has 1 heterocycles. The zero-order chi connectivity index (χ0) is 7.61. The highest BCUT2D eigenvalue weighted by atomic mass is 31.2. The van der Waals surface area contributed by atoms with Gasteiger partial charge in [0.05, 0.1) is 0 Å². The molecule has 0 saturated heterocycles. The van der Waals surface area contributed by atoms with Crippen LogP contribution in [0.25, 0.3) is 0 Å². The van der Waals surface area contributed by atoms with Crippen molar-refractivity contribution in [3.8, 4) is 0 Å². The summed E-state index contributed by atoms with van der Waals surface area (Å²) >= 11 is 0. The van der Waals surface area contributed by atoms with Crippen LogP contribution in [0.5, 0.6) is 0 Å². The summed E-state index contributed by atoms with van der Waals surface area (Å²) in [6.45, 7) is 5.55. The summed E-state index contributed by atoms with van der Waals surface area (Å²) < 4.78 is 11.5. The van der Waals surface area contributed by atoms with Crippen molar-refractivity contribution in [2.24, 2.45) is 0 Å². The molecule has 0 saturated carbocycles. The maximum Gasteiger partial charge on any atom is 0.105 e. The molecule has 10 heavy (non-hydrogen) atoms. The van der Waals surface area contributed by atoms with Gasteiger partial charge in [-0.3, -0.25) is 0 Å². The van der Waals surface area contributed by atoms with E-state index in [-0.39, 0.29) is 0 Å². The van der Waals surface area contributed by atoms with Crippen molar-refractivity contribution >= 4 is 7.14 Å². The molecule has 0 unspecified atom stereocenters. The Labute approximate surface area is 62.1 Å². The van der Waals surface area contributed by atoms with Gasteiger partial charge in [-0.25, -0.2) is 0 Å². The molecule has 0 atom stereocenters. The first kappa shape index (κ1) is 8.03. The fourth-order valence-corrected chi connectivity index (χ4v) is 2.28. The van der Waals surface area contributed by atoms with Crippen LogP contribution in [0.2, 0.25) is 0 Å². The van der Waals surface area contributed by atoms with Gasteiger partial charge in [-0.15, -0.1) is 0 Å². The first-order valence-corrected chi connectivity index (χ1v) is 6.16. The molecular formula is C7H14NOP. The van der Waals surface area contributed by atoms with E-state index >= 15 is 0 Å². The predicted molar refractivity (Wildman–Crippen MR) is 45.0 cm³/mol. The molecule has 58 valence electrons. The Morgan fingerprint density at radius 3 is 2.60 bits per heavy atom. The van der Waals surface area contributed by atoms with Crippen LogP contribution < -0.4 is 5.32 Å². The van der Waals surface area contributed by atoms with Gasteiger partial charge in [-0.05, 0) is 31.6 Å². The summed E-state index contributed by atoms with van der Waals surface area (Å²) in [7, 11) is -1.92. The van der Waals surface area contributed by atoms with Crippen molar-refractivity contribution < 1.29 is 4.57 Å². The van der Waals surface area contributed by atoms with Crippen molar-refractivity contribution in [1.82, 2.24) is 5.32 Å². The Bertz CT molecular complexity index is 192. The molecule has 1 aliphatic rings. The maximum atomic E-state index is 11.5. The second-order valence-electron chi connectivity index (χ2n) is 3.00. The van der Waals surface area contributed by atoms with Crippen LogP contribution >= 0.6 is 7.14 Å². The molecule has 1 rings (SSSR count). The lowest BCUT2D eigenvalue weighted by molar-refractivity contribution is 0.582. The first-order chi connectivity index (χ1) is 4.61. The summed E-state index contributed by atoms with van der Waals surface area (Å²) in [4.78, 5) is 0. The fourth-order valence-electron chi connectivity index (χ4n) is 1.10. The summed E-state index contributed by atoms with van der Waals surface area (Å²) in [6.07, 6.45) is 3.02. The van der Waals surface area contributed by atoms with Crippen molar-refractivity contribution in [2.75, 3.05) is 26.4 Å². The highest BCUT2D eigenvalue weighted by Crippen LogP contribution is 2.47. The van der Waals surface area contributed by atoms with E-state index < -0.39 is 7.14 Å². The van der Waals surface area contributed by atoms with Crippen LogP contribution in [0.1, 0.15) is 6.42 Å². The van der Waals surface area contributed by atoms with Crippen molar-refractivity contribution in [3.05, 3.63) is 11.4 Å². The molecule has 0 spiro atoms. The Balaban J connectivity index is 2.72. The summed E-state index contributed by atoms with van der Waals surface area (Å²) in [5, 5.41) is 4.35. The molecule has 0 aromatic heterocycles. The molecule has 0 aromatic rings. The number of nitrogens with one attached hydrogen (secondary N) is 1. The van der Waals surface area contributed by atoms with Crippen LogP contribution in [0.4, 0.5) is 0 Å². The third-order valence-electron chi connectivity index (χ3n) is 1.73. The third-order valence-corrected chi connectivity index (χ3v) is 3.52. The Morgan fingerprint density at radius 2 is 2.30 bits per heavy atom. The van der Waals surface area contributed by atoms with E-state index in [1.54, 1.807) is 0 Å². The predicted octanol–water partition coefficient (Wildman–Crippen LogP) is 1.49. The van der Waals surface area contributed by atoms with E-state index in [2.05, 4.69) is 11.4 Å². The monoisotopic (exact) mass is 159 g/mol. The van der Waals surface area contributed by atoms with Gasteiger partial charge in [0.15, 0.2) is 0 Å². The largest absolute Gasteiger partial charge is 0.320 e. The van der Waals surface area contributed by atoms with Crippen molar-refractivity contribution in [2.45, 2.75) is 6.42 Å². The van der Waals surface area contributed by atoms with E-state index in [0.29, 0.717) is 0 Å². The zero-order valence-corrected chi connectivity index (χ0v) is 7.45. The Morgan fingerprint density at radius 1 is 1.60 bits per heavy atom. The van der Waals surface area contributed by atoms with Crippen LogP contribution in [-0.2, 0) is 4.57 Å². The molecule has 0 radical (unpaired) electrons. The van der Waals surface area contributed by atoms with Crippen LogP contribution in [0.15, 0.2) is 11.4 Å². The second-order valence-corrected chi connectivity index (χ2v) is 6.28. The van der Waals surface area contributed by atoms with Crippen LogP contribution in [0, 0.1) is 0 Å². The van der Waals surface area contributed by atoms with E-state index in [1.165, 1.54) is 0 Å². The molecule has 1 aliphatic heterocycles. The zero-order valence-electron chi connectivity index (χ0n) is 6.55. The lowest BCUT2D eigenvalue weighted by Gasteiger charge is -2.16. The number of rotatable bonds is 1. The van der Waals surface area contributed by atoms with Gasteiger partial charge in [0.2, 0.25) is 0 Å². The third kappa shape index (κ3) is 1.96. The minimum absolute atomic E-state index is 0.890. The molecule has 0 aromatic carbocycles. The van der Waals surface area contributed by atoms with Crippen LogP contribution in [-0.4, -0.2) is 26.4 Å². The minimum Gasteiger partial charge on any atom is -0.320 e. The smallest absolute Gasteiger partial charge is 0.105 e. The molecule has 0 fully saturated rings. The Hall–Kier alpha value is -0.0700. The summed E-state index contributed by atoms with van der Waals surface area (Å²) in [5.41, 5.74) is 0. The lowest BCUT2D eigenvalue weighted by Crippen LogP contribution is -2.20. The standard InChI is InChI=1S/C7H14NOP/c1-10(2,9)7-3-5-8-6-4-7/h3,8H,4-6H2,1-2H3. The quantitative estimate of drug-likeness (QED) is 0.587. The molecule has 0 aliphatic carbocycles. The van der Waals surface area contributed by atoms with Crippen molar-refractivity contribution in [1.29, 1.82) is 0 Å². The van der Waals surface area contributed by atoms with Gasteiger partial charge in [-0.2, -0.15) is 0 Å². The summed E-state index contributed by atoms with van der Waals surface area (Å²) in [5.74, 6) is 0. The average Bonchev–Trinajstić information content (AvgIpc) is 1.88. The molecular weight excluding hydrogens is 145 g/mol. The van der Waals surface area contributed by atoms with Gasteiger partial charge in [0, 0.05) is 6.54 Å². The highest BCUT2D eigenvalue weighted by Gasteiger charge is 2.15. The Kier molecular flexibility index (Phi) is 2.32. The topological polar surface area (TPSA) is 29.1 Å². The van der Waals surface area contributed by atoms with Crippen LogP contribution in [0.3, 0.4) is 0 Å². The lowest BCUT2D eigenvalue weighted by atomic mass is 10.3. The maximum absolute atomic E-state index is 11.5. The van der Waals surface area contributed by atoms with E-state index in [4.69, 9.17) is 0 Å². The van der Waals surface area contributed by atoms with E-state index in [9.17, 15) is 4.57 Å². The van der Waals surface area contributed by atoms with Gasteiger partial charge in [0.25, 0.3) is 0 Å².